The minimum Gasteiger partial charge on any atom is -0.368 e. The van der Waals surface area contributed by atoms with Gasteiger partial charge in [0.15, 0.2) is 11.6 Å². The monoisotopic (exact) mass is 351 g/mol. The van der Waals surface area contributed by atoms with Gasteiger partial charge in [0, 0.05) is 37.8 Å². The number of aryl methyl sites for hydroxylation is 1. The largest absolute Gasteiger partial charge is 0.368 e. The Balaban J connectivity index is 1.37. The molecule has 1 aromatic heterocycles. The van der Waals surface area contributed by atoms with Crippen LogP contribution in [0.4, 0.5) is 17.3 Å². The van der Waals surface area contributed by atoms with E-state index >= 15 is 0 Å². The van der Waals surface area contributed by atoms with Crippen LogP contribution >= 0.6 is 0 Å². The van der Waals surface area contributed by atoms with Crippen LogP contribution in [0.25, 0.3) is 0 Å². The molecule has 6 nitrogen and oxygen atoms in total. The Hall–Kier alpha value is -2.63. The van der Waals surface area contributed by atoms with Crippen molar-refractivity contribution in [3.63, 3.8) is 0 Å². The number of aromatic nitrogens is 2. The van der Waals surface area contributed by atoms with Crippen LogP contribution in [0.5, 0.6) is 0 Å². The second-order valence-electron chi connectivity index (χ2n) is 7.23. The van der Waals surface area contributed by atoms with Gasteiger partial charge in [-0.25, -0.2) is 0 Å². The normalized spacial score (nSPS) is 17.3. The first kappa shape index (κ1) is 16.8. The molecule has 2 heterocycles. The maximum absolute atomic E-state index is 11.8. The van der Waals surface area contributed by atoms with Crippen molar-refractivity contribution in [3.8, 4) is 0 Å². The summed E-state index contributed by atoms with van der Waals surface area (Å²) in [4.78, 5) is 16.5. The van der Waals surface area contributed by atoms with Gasteiger partial charge in [0.1, 0.15) is 0 Å². The number of rotatable bonds is 4. The van der Waals surface area contributed by atoms with Gasteiger partial charge in [0.25, 0.3) is 0 Å². The standard InChI is InChI=1S/C20H25N5O/c1-14-4-3-5-17(15(14)2)24-10-12-25(13-11-24)19-9-8-18(22-23-19)21-20(26)16-6-7-16/h3-5,8-9,16H,6-7,10-13H2,1-2H3,(H,21,22,26). The Morgan fingerprint density at radius 1 is 1.00 bits per heavy atom. The highest BCUT2D eigenvalue weighted by molar-refractivity contribution is 5.93. The molecule has 1 aliphatic heterocycles. The average molecular weight is 351 g/mol. The van der Waals surface area contributed by atoms with Gasteiger partial charge in [-0.15, -0.1) is 10.2 Å². The summed E-state index contributed by atoms with van der Waals surface area (Å²) >= 11 is 0. The van der Waals surface area contributed by atoms with E-state index in [1.54, 1.807) is 0 Å². The molecule has 1 saturated carbocycles. The lowest BCUT2D eigenvalue weighted by Gasteiger charge is -2.37. The van der Waals surface area contributed by atoms with Crippen molar-refractivity contribution in [3.05, 3.63) is 41.5 Å². The third kappa shape index (κ3) is 3.49. The second-order valence-corrected chi connectivity index (χ2v) is 7.23. The topological polar surface area (TPSA) is 61.4 Å². The highest BCUT2D eigenvalue weighted by Crippen LogP contribution is 2.30. The fourth-order valence-corrected chi connectivity index (χ4v) is 3.39. The zero-order valence-corrected chi connectivity index (χ0v) is 15.4. The number of nitrogens with zero attached hydrogens (tertiary/aromatic N) is 4. The van der Waals surface area contributed by atoms with E-state index < -0.39 is 0 Å². The second kappa shape index (κ2) is 6.94. The van der Waals surface area contributed by atoms with Crippen LogP contribution in [-0.2, 0) is 4.79 Å². The fourth-order valence-electron chi connectivity index (χ4n) is 3.39. The highest BCUT2D eigenvalue weighted by Gasteiger charge is 2.30. The number of nitrogens with one attached hydrogen (secondary N) is 1. The van der Waals surface area contributed by atoms with Gasteiger partial charge in [0.05, 0.1) is 0 Å². The fraction of sp³-hybridized carbons (Fsp3) is 0.450. The Kier molecular flexibility index (Phi) is 4.49. The van der Waals surface area contributed by atoms with Crippen molar-refractivity contribution in [2.45, 2.75) is 26.7 Å². The zero-order chi connectivity index (χ0) is 18.1. The first-order chi connectivity index (χ1) is 12.6. The maximum atomic E-state index is 11.8. The molecule has 4 rings (SSSR count). The first-order valence-electron chi connectivity index (χ1n) is 9.32. The number of carbonyl (C=O) groups is 1. The van der Waals surface area contributed by atoms with E-state index in [2.05, 4.69) is 57.4 Å². The van der Waals surface area contributed by atoms with Crippen molar-refractivity contribution >= 4 is 23.2 Å². The van der Waals surface area contributed by atoms with Crippen molar-refractivity contribution in [2.75, 3.05) is 41.3 Å². The summed E-state index contributed by atoms with van der Waals surface area (Å²) in [5.41, 5.74) is 4.02. The van der Waals surface area contributed by atoms with E-state index in [4.69, 9.17) is 0 Å². The molecule has 2 aromatic rings. The van der Waals surface area contributed by atoms with Gasteiger partial charge in [-0.3, -0.25) is 4.79 Å². The van der Waals surface area contributed by atoms with Crippen molar-refractivity contribution in [1.82, 2.24) is 10.2 Å². The average Bonchev–Trinajstić information content (AvgIpc) is 3.50. The van der Waals surface area contributed by atoms with Crippen LogP contribution < -0.4 is 15.1 Å². The van der Waals surface area contributed by atoms with Gasteiger partial charge in [-0.1, -0.05) is 12.1 Å². The summed E-state index contributed by atoms with van der Waals surface area (Å²) < 4.78 is 0. The highest BCUT2D eigenvalue weighted by atomic mass is 16.2. The van der Waals surface area contributed by atoms with E-state index in [9.17, 15) is 4.79 Å². The van der Waals surface area contributed by atoms with Crippen LogP contribution in [0.3, 0.4) is 0 Å². The van der Waals surface area contributed by atoms with Gasteiger partial charge in [0.2, 0.25) is 5.91 Å². The maximum Gasteiger partial charge on any atom is 0.228 e. The predicted octanol–water partition coefficient (Wildman–Crippen LogP) is 2.77. The summed E-state index contributed by atoms with van der Waals surface area (Å²) in [6.45, 7) is 8.11. The molecule has 1 N–H and O–H groups in total. The van der Waals surface area contributed by atoms with Gasteiger partial charge >= 0.3 is 0 Å². The van der Waals surface area contributed by atoms with Crippen LogP contribution in [0.15, 0.2) is 30.3 Å². The molecule has 1 aliphatic carbocycles. The number of benzene rings is 1. The molecule has 26 heavy (non-hydrogen) atoms. The first-order valence-corrected chi connectivity index (χ1v) is 9.32. The third-order valence-electron chi connectivity index (χ3n) is 5.37. The van der Waals surface area contributed by atoms with Crippen molar-refractivity contribution in [1.29, 1.82) is 0 Å². The zero-order valence-electron chi connectivity index (χ0n) is 15.4. The molecule has 2 fully saturated rings. The van der Waals surface area contributed by atoms with Gasteiger partial charge in [-0.05, 0) is 56.0 Å². The summed E-state index contributed by atoms with van der Waals surface area (Å²) in [6, 6.07) is 10.3. The lowest BCUT2D eigenvalue weighted by Crippen LogP contribution is -2.47. The molecule has 1 amide bonds. The number of hydrogen-bond acceptors (Lipinski definition) is 5. The smallest absolute Gasteiger partial charge is 0.228 e. The number of piperazine rings is 1. The van der Waals surface area contributed by atoms with E-state index in [0.717, 1.165) is 44.8 Å². The van der Waals surface area contributed by atoms with E-state index in [1.807, 2.05) is 12.1 Å². The molecule has 0 bridgehead atoms. The molecular formula is C20H25N5O. The summed E-state index contributed by atoms with van der Waals surface area (Å²) in [6.07, 6.45) is 1.98. The van der Waals surface area contributed by atoms with Crippen molar-refractivity contribution < 1.29 is 4.79 Å². The Morgan fingerprint density at radius 2 is 1.73 bits per heavy atom. The van der Waals surface area contributed by atoms with E-state index in [0.29, 0.717) is 5.82 Å². The Bertz CT molecular complexity index is 792. The van der Waals surface area contributed by atoms with E-state index in [1.165, 1.54) is 16.8 Å². The molecule has 0 unspecified atom stereocenters. The number of anilines is 3. The number of carbonyl (C=O) groups excluding carboxylic acids is 1. The lowest BCUT2D eigenvalue weighted by molar-refractivity contribution is -0.117. The molecule has 1 aromatic carbocycles. The Morgan fingerprint density at radius 3 is 2.38 bits per heavy atom. The van der Waals surface area contributed by atoms with Gasteiger partial charge in [-0.2, -0.15) is 0 Å². The summed E-state index contributed by atoms with van der Waals surface area (Å²) in [7, 11) is 0. The molecule has 2 aliphatic rings. The Labute approximate surface area is 154 Å². The summed E-state index contributed by atoms with van der Waals surface area (Å²) in [5, 5.41) is 11.3. The predicted molar refractivity (Wildman–Crippen MR) is 104 cm³/mol. The van der Waals surface area contributed by atoms with Crippen LogP contribution in [0.2, 0.25) is 0 Å². The number of amides is 1. The molecule has 136 valence electrons. The minimum absolute atomic E-state index is 0.0641. The quantitative estimate of drug-likeness (QED) is 0.918. The molecule has 0 radical (unpaired) electrons. The number of hydrogen-bond donors (Lipinski definition) is 1. The molecule has 1 saturated heterocycles. The molecular weight excluding hydrogens is 326 g/mol. The lowest BCUT2D eigenvalue weighted by atomic mass is 10.1. The molecule has 0 spiro atoms. The summed E-state index contributed by atoms with van der Waals surface area (Å²) in [5.74, 6) is 1.65. The van der Waals surface area contributed by atoms with Gasteiger partial charge < -0.3 is 15.1 Å². The van der Waals surface area contributed by atoms with Crippen LogP contribution in [0.1, 0.15) is 24.0 Å². The van der Waals surface area contributed by atoms with Crippen LogP contribution in [0, 0.1) is 19.8 Å². The van der Waals surface area contributed by atoms with E-state index in [-0.39, 0.29) is 11.8 Å². The van der Waals surface area contributed by atoms with Crippen LogP contribution in [-0.4, -0.2) is 42.3 Å². The minimum atomic E-state index is 0.0641. The molecule has 0 atom stereocenters. The van der Waals surface area contributed by atoms with Crippen molar-refractivity contribution in [2.24, 2.45) is 5.92 Å². The molecule has 6 heteroatoms. The SMILES string of the molecule is Cc1cccc(N2CCN(c3ccc(NC(=O)C4CC4)nn3)CC2)c1C. The third-order valence-corrected chi connectivity index (χ3v) is 5.37.